The molecule has 1 aliphatic heterocycles. The lowest BCUT2D eigenvalue weighted by Gasteiger charge is -2.39. The Labute approximate surface area is 115 Å². The molecule has 1 atom stereocenters. The van der Waals surface area contributed by atoms with Gasteiger partial charge in [-0.1, -0.05) is 13.3 Å². The number of rotatable bonds is 6. The summed E-state index contributed by atoms with van der Waals surface area (Å²) in [6.07, 6.45) is 1.93. The largest absolute Gasteiger partial charge is 0.481 e. The molecular weight excluding hydrogens is 242 g/mol. The maximum atomic E-state index is 11.1. The van der Waals surface area contributed by atoms with Crippen molar-refractivity contribution in [1.29, 1.82) is 5.26 Å². The van der Waals surface area contributed by atoms with Crippen molar-refractivity contribution in [2.24, 2.45) is 5.41 Å². The molecular formula is C14H25N3O2. The SMILES string of the molecule is CCCC(C#N)N1CCN(CC(C)(C)C(=O)O)CC1. The summed E-state index contributed by atoms with van der Waals surface area (Å²) in [7, 11) is 0. The van der Waals surface area contributed by atoms with Crippen molar-refractivity contribution in [1.82, 2.24) is 9.80 Å². The zero-order valence-electron chi connectivity index (χ0n) is 12.2. The van der Waals surface area contributed by atoms with Crippen LogP contribution in [0.1, 0.15) is 33.6 Å². The van der Waals surface area contributed by atoms with E-state index in [0.29, 0.717) is 6.54 Å². The molecule has 0 aromatic rings. The summed E-state index contributed by atoms with van der Waals surface area (Å²) in [5.74, 6) is -0.754. The fourth-order valence-electron chi connectivity index (χ4n) is 2.46. The Hall–Kier alpha value is -1.12. The molecule has 5 heteroatoms. The molecule has 1 saturated heterocycles. The van der Waals surface area contributed by atoms with Gasteiger partial charge in [-0.3, -0.25) is 14.6 Å². The van der Waals surface area contributed by atoms with Gasteiger partial charge in [-0.2, -0.15) is 5.26 Å². The summed E-state index contributed by atoms with van der Waals surface area (Å²) in [4.78, 5) is 15.5. The molecule has 1 fully saturated rings. The quantitative estimate of drug-likeness (QED) is 0.788. The molecule has 1 N–H and O–H groups in total. The number of hydrogen-bond donors (Lipinski definition) is 1. The molecule has 0 radical (unpaired) electrons. The number of carboxylic acids is 1. The summed E-state index contributed by atoms with van der Waals surface area (Å²) in [6, 6.07) is 2.38. The normalized spacial score (nSPS) is 19.9. The van der Waals surface area contributed by atoms with E-state index in [0.717, 1.165) is 39.0 Å². The van der Waals surface area contributed by atoms with Crippen molar-refractivity contribution in [3.05, 3.63) is 0 Å². The minimum atomic E-state index is -0.754. The van der Waals surface area contributed by atoms with Gasteiger partial charge in [0.2, 0.25) is 0 Å². The van der Waals surface area contributed by atoms with Crippen LogP contribution in [0.25, 0.3) is 0 Å². The van der Waals surface area contributed by atoms with E-state index < -0.39 is 11.4 Å². The van der Waals surface area contributed by atoms with Crippen LogP contribution in [-0.4, -0.2) is 59.6 Å². The zero-order valence-corrected chi connectivity index (χ0v) is 12.2. The third-order valence-corrected chi connectivity index (χ3v) is 3.76. The number of nitrogens with zero attached hydrogens (tertiary/aromatic N) is 3. The molecule has 1 rings (SSSR count). The number of aliphatic carboxylic acids is 1. The molecule has 1 aliphatic rings. The average Bonchev–Trinajstić information content (AvgIpc) is 2.36. The van der Waals surface area contributed by atoms with Crippen molar-refractivity contribution >= 4 is 5.97 Å². The van der Waals surface area contributed by atoms with Crippen LogP contribution >= 0.6 is 0 Å². The van der Waals surface area contributed by atoms with Gasteiger partial charge in [0.15, 0.2) is 0 Å². The number of carboxylic acid groups (broad SMARTS) is 1. The third-order valence-electron chi connectivity index (χ3n) is 3.76. The summed E-state index contributed by atoms with van der Waals surface area (Å²) >= 11 is 0. The van der Waals surface area contributed by atoms with Crippen molar-refractivity contribution in [3.63, 3.8) is 0 Å². The zero-order chi connectivity index (χ0) is 14.5. The highest BCUT2D eigenvalue weighted by Crippen LogP contribution is 2.19. The van der Waals surface area contributed by atoms with Crippen molar-refractivity contribution in [3.8, 4) is 6.07 Å². The van der Waals surface area contributed by atoms with Crippen LogP contribution < -0.4 is 0 Å². The molecule has 1 heterocycles. The first-order valence-corrected chi connectivity index (χ1v) is 7.00. The lowest BCUT2D eigenvalue weighted by atomic mass is 9.93. The van der Waals surface area contributed by atoms with Crippen molar-refractivity contribution in [2.45, 2.75) is 39.7 Å². The fourth-order valence-corrected chi connectivity index (χ4v) is 2.46. The van der Waals surface area contributed by atoms with Gasteiger partial charge in [0, 0.05) is 32.7 Å². The highest BCUT2D eigenvalue weighted by Gasteiger charge is 2.32. The van der Waals surface area contributed by atoms with Gasteiger partial charge in [0.25, 0.3) is 0 Å². The Morgan fingerprint density at radius 2 is 1.95 bits per heavy atom. The lowest BCUT2D eigenvalue weighted by molar-refractivity contribution is -0.148. The minimum absolute atomic E-state index is 0.0135. The second-order valence-corrected chi connectivity index (χ2v) is 5.93. The standard InChI is InChI=1S/C14H25N3O2/c1-4-5-12(10-15)17-8-6-16(7-9-17)11-14(2,3)13(18)19/h12H,4-9,11H2,1-3H3,(H,18,19). The summed E-state index contributed by atoms with van der Waals surface area (Å²) < 4.78 is 0. The van der Waals surface area contributed by atoms with Gasteiger partial charge in [0.1, 0.15) is 0 Å². The fraction of sp³-hybridized carbons (Fsp3) is 0.857. The van der Waals surface area contributed by atoms with Gasteiger partial charge in [0.05, 0.1) is 17.5 Å². The highest BCUT2D eigenvalue weighted by atomic mass is 16.4. The Balaban J connectivity index is 2.45. The van der Waals surface area contributed by atoms with E-state index in [9.17, 15) is 4.79 Å². The Kier molecular flexibility index (Phi) is 5.77. The van der Waals surface area contributed by atoms with Crippen LogP contribution in [0.2, 0.25) is 0 Å². The smallest absolute Gasteiger partial charge is 0.310 e. The molecule has 0 saturated carbocycles. The van der Waals surface area contributed by atoms with Gasteiger partial charge < -0.3 is 5.11 Å². The molecule has 0 aromatic carbocycles. The van der Waals surface area contributed by atoms with Gasteiger partial charge >= 0.3 is 5.97 Å². The van der Waals surface area contributed by atoms with Crippen LogP contribution in [-0.2, 0) is 4.79 Å². The van der Waals surface area contributed by atoms with E-state index >= 15 is 0 Å². The van der Waals surface area contributed by atoms with Gasteiger partial charge in [-0.05, 0) is 20.3 Å². The molecule has 5 nitrogen and oxygen atoms in total. The lowest BCUT2D eigenvalue weighted by Crippen LogP contribution is -2.52. The molecule has 0 aliphatic carbocycles. The molecule has 0 bridgehead atoms. The molecule has 108 valence electrons. The topological polar surface area (TPSA) is 67.6 Å². The predicted molar refractivity (Wildman–Crippen MR) is 73.7 cm³/mol. The second kappa shape index (κ2) is 6.88. The molecule has 0 amide bonds. The first kappa shape index (κ1) is 15.9. The van der Waals surface area contributed by atoms with Crippen molar-refractivity contribution in [2.75, 3.05) is 32.7 Å². The van der Waals surface area contributed by atoms with Crippen LogP contribution in [0.15, 0.2) is 0 Å². The van der Waals surface area contributed by atoms with Crippen LogP contribution in [0.5, 0.6) is 0 Å². The Bertz CT molecular complexity index is 341. The summed E-state index contributed by atoms with van der Waals surface area (Å²) in [5.41, 5.74) is -0.708. The predicted octanol–water partition coefficient (Wildman–Crippen LogP) is 1.41. The number of nitriles is 1. The maximum Gasteiger partial charge on any atom is 0.310 e. The van der Waals surface area contributed by atoms with Crippen LogP contribution in [0.3, 0.4) is 0 Å². The number of carbonyl (C=O) groups is 1. The third kappa shape index (κ3) is 4.48. The van der Waals surface area contributed by atoms with E-state index in [1.807, 2.05) is 0 Å². The summed E-state index contributed by atoms with van der Waals surface area (Å²) in [6.45, 7) is 9.59. The van der Waals surface area contributed by atoms with Gasteiger partial charge in [-0.25, -0.2) is 0 Å². The van der Waals surface area contributed by atoms with E-state index in [1.165, 1.54) is 0 Å². The molecule has 1 unspecified atom stereocenters. The highest BCUT2D eigenvalue weighted by molar-refractivity contribution is 5.73. The monoisotopic (exact) mass is 267 g/mol. The molecule has 0 aromatic heterocycles. The van der Waals surface area contributed by atoms with E-state index in [1.54, 1.807) is 13.8 Å². The minimum Gasteiger partial charge on any atom is -0.481 e. The van der Waals surface area contributed by atoms with E-state index in [4.69, 9.17) is 10.4 Å². The molecule has 0 spiro atoms. The Morgan fingerprint density at radius 1 is 1.37 bits per heavy atom. The van der Waals surface area contributed by atoms with Crippen LogP contribution in [0.4, 0.5) is 0 Å². The second-order valence-electron chi connectivity index (χ2n) is 5.93. The van der Waals surface area contributed by atoms with Gasteiger partial charge in [-0.15, -0.1) is 0 Å². The summed E-state index contributed by atoms with van der Waals surface area (Å²) in [5, 5.41) is 18.3. The van der Waals surface area contributed by atoms with Crippen LogP contribution in [0, 0.1) is 16.7 Å². The van der Waals surface area contributed by atoms with E-state index in [-0.39, 0.29) is 6.04 Å². The number of piperazine rings is 1. The van der Waals surface area contributed by atoms with E-state index in [2.05, 4.69) is 22.8 Å². The van der Waals surface area contributed by atoms with Crippen molar-refractivity contribution < 1.29 is 9.90 Å². The first-order chi connectivity index (χ1) is 8.90. The molecule has 19 heavy (non-hydrogen) atoms. The first-order valence-electron chi connectivity index (χ1n) is 7.00. The Morgan fingerprint density at radius 3 is 2.37 bits per heavy atom. The maximum absolute atomic E-state index is 11.1. The number of hydrogen-bond acceptors (Lipinski definition) is 4. The average molecular weight is 267 g/mol.